The van der Waals surface area contributed by atoms with Crippen molar-refractivity contribution < 1.29 is 14.3 Å². The molecule has 162 valence electrons. The van der Waals surface area contributed by atoms with E-state index in [0.29, 0.717) is 11.1 Å². The lowest BCUT2D eigenvalue weighted by atomic mass is 10.0. The Morgan fingerprint density at radius 2 is 1.50 bits per heavy atom. The van der Waals surface area contributed by atoms with Crippen molar-refractivity contribution in [3.8, 4) is 5.75 Å². The van der Waals surface area contributed by atoms with Crippen LogP contribution < -0.4 is 15.0 Å². The van der Waals surface area contributed by atoms with Crippen LogP contribution in [0.15, 0.2) is 84.6 Å². The van der Waals surface area contributed by atoms with Crippen LogP contribution in [0.25, 0.3) is 5.57 Å². The fourth-order valence-electron chi connectivity index (χ4n) is 3.61. The first-order valence-electron chi connectivity index (χ1n) is 10.3. The fraction of sp³-hybridized carbons (Fsp3) is 0.154. The highest BCUT2D eigenvalue weighted by molar-refractivity contribution is 6.36. The highest BCUT2D eigenvalue weighted by Gasteiger charge is 2.39. The SMILES string of the molecule is COc1ccc(CN2C(=O)C(Nc3ccc(N(C)C)cc3)=C(c3ccccc3)C2=O)cc1. The average Bonchev–Trinajstić information content (AvgIpc) is 3.04. The van der Waals surface area contributed by atoms with E-state index in [4.69, 9.17) is 4.74 Å². The first kappa shape index (κ1) is 21.2. The summed E-state index contributed by atoms with van der Waals surface area (Å²) in [6.07, 6.45) is 0. The molecule has 0 aliphatic carbocycles. The molecule has 0 bridgehead atoms. The molecule has 3 aromatic rings. The van der Waals surface area contributed by atoms with Crippen molar-refractivity contribution in [2.75, 3.05) is 31.4 Å². The Morgan fingerprint density at radius 1 is 0.844 bits per heavy atom. The summed E-state index contributed by atoms with van der Waals surface area (Å²) in [7, 11) is 5.53. The Kier molecular flexibility index (Phi) is 5.94. The second-order valence-corrected chi connectivity index (χ2v) is 7.73. The Hall–Kier alpha value is -4.06. The van der Waals surface area contributed by atoms with Crippen LogP contribution in [0, 0.1) is 0 Å². The van der Waals surface area contributed by atoms with Gasteiger partial charge in [0.15, 0.2) is 0 Å². The van der Waals surface area contributed by atoms with Gasteiger partial charge in [-0.05, 0) is 47.5 Å². The number of nitrogens with one attached hydrogen (secondary N) is 1. The molecule has 0 atom stereocenters. The van der Waals surface area contributed by atoms with E-state index < -0.39 is 0 Å². The Labute approximate surface area is 187 Å². The van der Waals surface area contributed by atoms with E-state index in [2.05, 4.69) is 5.32 Å². The first-order chi connectivity index (χ1) is 15.5. The molecule has 6 nitrogen and oxygen atoms in total. The summed E-state index contributed by atoms with van der Waals surface area (Å²) >= 11 is 0. The van der Waals surface area contributed by atoms with Crippen molar-refractivity contribution in [1.29, 1.82) is 0 Å². The van der Waals surface area contributed by atoms with E-state index in [9.17, 15) is 9.59 Å². The third-order valence-electron chi connectivity index (χ3n) is 5.38. The molecule has 0 spiro atoms. The smallest absolute Gasteiger partial charge is 0.278 e. The van der Waals surface area contributed by atoms with Gasteiger partial charge in [-0.3, -0.25) is 14.5 Å². The molecule has 4 rings (SSSR count). The summed E-state index contributed by atoms with van der Waals surface area (Å²) in [5.74, 6) is 0.0604. The Balaban J connectivity index is 1.67. The molecule has 0 unspecified atom stereocenters. The average molecular weight is 428 g/mol. The fourth-order valence-corrected chi connectivity index (χ4v) is 3.61. The summed E-state index contributed by atoms with van der Waals surface area (Å²) in [6, 6.07) is 24.3. The number of ether oxygens (including phenoxy) is 1. The number of rotatable bonds is 7. The van der Waals surface area contributed by atoms with Crippen LogP contribution in [0.5, 0.6) is 5.75 Å². The maximum atomic E-state index is 13.4. The normalized spacial score (nSPS) is 13.5. The molecular formula is C26H25N3O3. The number of hydrogen-bond acceptors (Lipinski definition) is 5. The molecule has 1 heterocycles. The number of amides is 2. The van der Waals surface area contributed by atoms with Gasteiger partial charge in [0.25, 0.3) is 11.8 Å². The molecule has 0 saturated heterocycles. The lowest BCUT2D eigenvalue weighted by Crippen LogP contribution is -2.32. The Morgan fingerprint density at radius 3 is 2.09 bits per heavy atom. The largest absolute Gasteiger partial charge is 0.497 e. The minimum atomic E-state index is -0.346. The van der Waals surface area contributed by atoms with Crippen LogP contribution in [0.2, 0.25) is 0 Å². The number of anilines is 2. The van der Waals surface area contributed by atoms with Gasteiger partial charge < -0.3 is 15.0 Å². The molecule has 0 aromatic heterocycles. The molecule has 2 amide bonds. The number of imide groups is 1. The molecule has 1 N–H and O–H groups in total. The minimum absolute atomic E-state index is 0.183. The molecule has 1 aliphatic heterocycles. The summed E-state index contributed by atoms with van der Waals surface area (Å²) in [4.78, 5) is 30.0. The van der Waals surface area contributed by atoms with Crippen molar-refractivity contribution in [3.05, 3.63) is 95.7 Å². The highest BCUT2D eigenvalue weighted by Crippen LogP contribution is 2.32. The second kappa shape index (κ2) is 8.98. The van der Waals surface area contributed by atoms with Gasteiger partial charge in [-0.15, -0.1) is 0 Å². The molecular weight excluding hydrogens is 402 g/mol. The Bertz CT molecular complexity index is 1150. The molecule has 0 saturated carbocycles. The van der Waals surface area contributed by atoms with Crippen molar-refractivity contribution in [2.24, 2.45) is 0 Å². The van der Waals surface area contributed by atoms with E-state index >= 15 is 0 Å². The topological polar surface area (TPSA) is 61.9 Å². The van der Waals surface area contributed by atoms with Gasteiger partial charge in [0.2, 0.25) is 0 Å². The number of methoxy groups -OCH3 is 1. The lowest BCUT2D eigenvalue weighted by molar-refractivity contribution is -0.137. The van der Waals surface area contributed by atoms with Crippen molar-refractivity contribution in [3.63, 3.8) is 0 Å². The summed E-state index contributed by atoms with van der Waals surface area (Å²) in [5.41, 5.74) is 3.99. The van der Waals surface area contributed by atoms with Gasteiger partial charge >= 0.3 is 0 Å². The second-order valence-electron chi connectivity index (χ2n) is 7.73. The number of carbonyl (C=O) groups excluding carboxylic acids is 2. The van der Waals surface area contributed by atoms with Crippen LogP contribution in [0.1, 0.15) is 11.1 Å². The molecule has 0 radical (unpaired) electrons. The van der Waals surface area contributed by atoms with Gasteiger partial charge in [0.1, 0.15) is 11.4 Å². The van der Waals surface area contributed by atoms with Gasteiger partial charge in [-0.2, -0.15) is 0 Å². The summed E-state index contributed by atoms with van der Waals surface area (Å²) < 4.78 is 5.19. The number of hydrogen-bond donors (Lipinski definition) is 1. The van der Waals surface area contributed by atoms with Crippen molar-refractivity contribution in [1.82, 2.24) is 4.90 Å². The van der Waals surface area contributed by atoms with E-state index in [1.165, 1.54) is 4.90 Å². The standard InChI is InChI=1S/C26H25N3O3/c1-28(2)21-13-11-20(12-14-21)27-24-23(19-7-5-4-6-8-19)25(30)29(26(24)31)17-18-9-15-22(32-3)16-10-18/h4-16,27H,17H2,1-3H3. The van der Waals surface area contributed by atoms with Crippen molar-refractivity contribution >= 4 is 28.8 Å². The van der Waals surface area contributed by atoms with Gasteiger partial charge in [-0.25, -0.2) is 0 Å². The van der Waals surface area contributed by atoms with Gasteiger partial charge in [0, 0.05) is 25.5 Å². The van der Waals surface area contributed by atoms with E-state index in [1.54, 1.807) is 7.11 Å². The van der Waals surface area contributed by atoms with E-state index in [0.717, 1.165) is 22.7 Å². The predicted molar refractivity (Wildman–Crippen MR) is 126 cm³/mol. The predicted octanol–water partition coefficient (Wildman–Crippen LogP) is 4.15. The van der Waals surface area contributed by atoms with Crippen LogP contribution in [-0.4, -0.2) is 37.9 Å². The number of carbonyl (C=O) groups is 2. The van der Waals surface area contributed by atoms with Gasteiger partial charge in [0.05, 0.1) is 19.2 Å². The number of benzene rings is 3. The zero-order chi connectivity index (χ0) is 22.7. The zero-order valence-electron chi connectivity index (χ0n) is 18.3. The maximum Gasteiger partial charge on any atom is 0.278 e. The van der Waals surface area contributed by atoms with Crippen LogP contribution >= 0.6 is 0 Å². The van der Waals surface area contributed by atoms with E-state index in [-0.39, 0.29) is 24.1 Å². The first-order valence-corrected chi connectivity index (χ1v) is 10.3. The lowest BCUT2D eigenvalue weighted by Gasteiger charge is -2.16. The minimum Gasteiger partial charge on any atom is -0.497 e. The molecule has 1 aliphatic rings. The number of nitrogens with zero attached hydrogens (tertiary/aromatic N) is 2. The molecule has 32 heavy (non-hydrogen) atoms. The maximum absolute atomic E-state index is 13.4. The van der Waals surface area contributed by atoms with E-state index in [1.807, 2.05) is 97.9 Å². The van der Waals surface area contributed by atoms with Gasteiger partial charge in [-0.1, -0.05) is 42.5 Å². The summed E-state index contributed by atoms with van der Waals surface area (Å²) in [6.45, 7) is 0.183. The third kappa shape index (κ3) is 4.21. The summed E-state index contributed by atoms with van der Waals surface area (Å²) in [5, 5.41) is 3.20. The molecule has 3 aromatic carbocycles. The van der Waals surface area contributed by atoms with Crippen LogP contribution in [0.3, 0.4) is 0 Å². The van der Waals surface area contributed by atoms with Crippen molar-refractivity contribution in [2.45, 2.75) is 6.54 Å². The molecule has 6 heteroatoms. The molecule has 0 fully saturated rings. The zero-order valence-corrected chi connectivity index (χ0v) is 18.3. The highest BCUT2D eigenvalue weighted by atomic mass is 16.5. The monoisotopic (exact) mass is 427 g/mol. The van der Waals surface area contributed by atoms with Crippen LogP contribution in [-0.2, 0) is 16.1 Å². The van der Waals surface area contributed by atoms with Crippen LogP contribution in [0.4, 0.5) is 11.4 Å². The third-order valence-corrected chi connectivity index (χ3v) is 5.38. The quantitative estimate of drug-likeness (QED) is 0.574.